The molecule has 0 rings (SSSR count). The third kappa shape index (κ3) is 3.61. The van der Waals surface area contributed by atoms with Crippen LogP contribution in [0.15, 0.2) is 0 Å². The van der Waals surface area contributed by atoms with E-state index in [1.54, 1.807) is 13.8 Å². The maximum absolute atomic E-state index is 10.8. The summed E-state index contributed by atoms with van der Waals surface area (Å²) < 4.78 is -0.690. The van der Waals surface area contributed by atoms with Gasteiger partial charge in [-0.3, -0.25) is 9.59 Å². The van der Waals surface area contributed by atoms with Crippen LogP contribution in [0.5, 0.6) is 0 Å². The van der Waals surface area contributed by atoms with E-state index in [1.807, 2.05) is 0 Å². The molecular formula is C7H13NO3S. The maximum Gasteiger partial charge on any atom is 0.304 e. The van der Waals surface area contributed by atoms with Crippen LogP contribution in [0.3, 0.4) is 0 Å². The van der Waals surface area contributed by atoms with Gasteiger partial charge in [-0.2, -0.15) is 12.6 Å². The summed E-state index contributed by atoms with van der Waals surface area (Å²) in [6.45, 7) is 3.32. The van der Waals surface area contributed by atoms with Gasteiger partial charge in [0.2, 0.25) is 5.91 Å². The number of carbonyl (C=O) groups excluding carboxylic acids is 1. The minimum Gasteiger partial charge on any atom is -0.481 e. The van der Waals surface area contributed by atoms with E-state index >= 15 is 0 Å². The highest BCUT2D eigenvalue weighted by atomic mass is 32.1. The van der Waals surface area contributed by atoms with Crippen molar-refractivity contribution in [3.05, 3.63) is 0 Å². The molecule has 0 saturated heterocycles. The summed E-state index contributed by atoms with van der Waals surface area (Å²) in [6, 6.07) is 0. The third-order valence-corrected chi connectivity index (χ3v) is 1.89. The quantitative estimate of drug-likeness (QED) is 0.558. The second-order valence-electron chi connectivity index (χ2n) is 3.21. The average molecular weight is 191 g/mol. The van der Waals surface area contributed by atoms with Crippen molar-refractivity contribution in [1.29, 1.82) is 0 Å². The number of nitrogens with two attached hydrogens (primary N) is 1. The van der Waals surface area contributed by atoms with Gasteiger partial charge in [0.15, 0.2) is 0 Å². The molecule has 0 aliphatic heterocycles. The Morgan fingerprint density at radius 2 is 2.00 bits per heavy atom. The molecule has 0 bridgehead atoms. The molecule has 0 aromatic carbocycles. The van der Waals surface area contributed by atoms with Gasteiger partial charge in [-0.1, -0.05) is 13.8 Å². The minimum absolute atomic E-state index is 0.272. The smallest absolute Gasteiger partial charge is 0.304 e. The normalized spacial score (nSPS) is 13.9. The first-order chi connectivity index (χ1) is 5.25. The minimum atomic E-state index is -1.04. The molecule has 5 heteroatoms. The standard InChI is InChI=1S/C7H13NO3S/c1-7(2,12)4(6(8)11)3-5(9)10/h4,12H,3H2,1-2H3,(H2,8,11)(H,9,10). The van der Waals surface area contributed by atoms with Gasteiger partial charge in [0.1, 0.15) is 0 Å². The Morgan fingerprint density at radius 3 is 2.08 bits per heavy atom. The van der Waals surface area contributed by atoms with E-state index in [0.717, 1.165) is 0 Å². The van der Waals surface area contributed by atoms with E-state index in [9.17, 15) is 9.59 Å². The number of aliphatic carboxylic acids is 1. The Balaban J connectivity index is 4.46. The van der Waals surface area contributed by atoms with Crippen molar-refractivity contribution in [3.8, 4) is 0 Å². The van der Waals surface area contributed by atoms with Crippen molar-refractivity contribution in [2.75, 3.05) is 0 Å². The number of carboxylic acids is 1. The zero-order chi connectivity index (χ0) is 9.94. The first kappa shape index (κ1) is 11.3. The van der Waals surface area contributed by atoms with Crippen LogP contribution in [-0.4, -0.2) is 21.7 Å². The molecule has 4 nitrogen and oxygen atoms in total. The summed E-state index contributed by atoms with van der Waals surface area (Å²) in [5, 5.41) is 8.45. The van der Waals surface area contributed by atoms with Crippen LogP contribution in [0, 0.1) is 5.92 Å². The molecule has 0 fully saturated rings. The lowest BCUT2D eigenvalue weighted by atomic mass is 9.91. The van der Waals surface area contributed by atoms with Crippen molar-refractivity contribution in [1.82, 2.24) is 0 Å². The summed E-state index contributed by atoms with van der Waals surface area (Å²) in [4.78, 5) is 21.1. The van der Waals surface area contributed by atoms with Crippen molar-refractivity contribution in [2.45, 2.75) is 25.0 Å². The topological polar surface area (TPSA) is 80.4 Å². The van der Waals surface area contributed by atoms with E-state index in [1.165, 1.54) is 0 Å². The average Bonchev–Trinajstić information content (AvgIpc) is 1.79. The van der Waals surface area contributed by atoms with E-state index in [-0.39, 0.29) is 6.42 Å². The Labute approximate surface area is 76.5 Å². The van der Waals surface area contributed by atoms with Crippen LogP contribution in [0.2, 0.25) is 0 Å². The van der Waals surface area contributed by atoms with Gasteiger partial charge in [-0.05, 0) is 0 Å². The molecule has 1 unspecified atom stereocenters. The molecule has 0 aliphatic rings. The van der Waals surface area contributed by atoms with Crippen molar-refractivity contribution < 1.29 is 14.7 Å². The molecule has 0 spiro atoms. The predicted octanol–water partition coefficient (Wildman–Crippen LogP) is 0.271. The monoisotopic (exact) mass is 191 g/mol. The fraction of sp³-hybridized carbons (Fsp3) is 0.714. The van der Waals surface area contributed by atoms with Crippen molar-refractivity contribution in [2.24, 2.45) is 11.7 Å². The number of hydrogen-bond donors (Lipinski definition) is 3. The van der Waals surface area contributed by atoms with Gasteiger partial charge >= 0.3 is 5.97 Å². The molecule has 70 valence electrons. The Kier molecular flexibility index (Phi) is 3.57. The van der Waals surface area contributed by atoms with E-state index in [2.05, 4.69) is 12.6 Å². The molecule has 0 aromatic heterocycles. The van der Waals surface area contributed by atoms with Gasteiger partial charge in [0.25, 0.3) is 0 Å². The number of carbonyl (C=O) groups is 2. The molecule has 1 atom stereocenters. The summed E-state index contributed by atoms with van der Waals surface area (Å²) in [6.07, 6.45) is -0.272. The lowest BCUT2D eigenvalue weighted by molar-refractivity contribution is -0.141. The Hall–Kier alpha value is -0.710. The summed E-state index contributed by atoms with van der Waals surface area (Å²) in [7, 11) is 0. The van der Waals surface area contributed by atoms with Crippen LogP contribution in [-0.2, 0) is 9.59 Å². The number of thiol groups is 1. The van der Waals surface area contributed by atoms with Crippen LogP contribution < -0.4 is 5.73 Å². The highest BCUT2D eigenvalue weighted by molar-refractivity contribution is 7.81. The highest BCUT2D eigenvalue weighted by Crippen LogP contribution is 2.26. The summed E-state index contributed by atoms with van der Waals surface area (Å²) >= 11 is 4.10. The lowest BCUT2D eigenvalue weighted by Crippen LogP contribution is -2.38. The Morgan fingerprint density at radius 1 is 1.58 bits per heavy atom. The molecule has 1 amide bonds. The van der Waals surface area contributed by atoms with E-state index in [0.29, 0.717) is 0 Å². The van der Waals surface area contributed by atoms with Crippen LogP contribution in [0.4, 0.5) is 0 Å². The highest BCUT2D eigenvalue weighted by Gasteiger charge is 2.32. The fourth-order valence-corrected chi connectivity index (χ4v) is 1.09. The van der Waals surface area contributed by atoms with Gasteiger partial charge in [0, 0.05) is 4.75 Å². The molecule has 0 heterocycles. The SMILES string of the molecule is CC(C)(S)C(CC(=O)O)C(N)=O. The molecule has 0 saturated carbocycles. The van der Waals surface area contributed by atoms with Crippen LogP contribution in [0.1, 0.15) is 20.3 Å². The number of carboxylic acid groups (broad SMARTS) is 1. The summed E-state index contributed by atoms with van der Waals surface area (Å²) in [5.41, 5.74) is 5.02. The van der Waals surface area contributed by atoms with Crippen LogP contribution in [0.25, 0.3) is 0 Å². The van der Waals surface area contributed by atoms with E-state index < -0.39 is 22.5 Å². The van der Waals surface area contributed by atoms with Gasteiger partial charge < -0.3 is 10.8 Å². The summed E-state index contributed by atoms with van der Waals surface area (Å²) in [5.74, 6) is -2.41. The molecular weight excluding hydrogens is 178 g/mol. The second-order valence-corrected chi connectivity index (χ2v) is 4.36. The predicted molar refractivity (Wildman–Crippen MR) is 48.0 cm³/mol. The molecule has 12 heavy (non-hydrogen) atoms. The molecule has 0 aromatic rings. The van der Waals surface area contributed by atoms with Gasteiger partial charge in [0.05, 0.1) is 12.3 Å². The largest absolute Gasteiger partial charge is 0.481 e. The van der Waals surface area contributed by atoms with Gasteiger partial charge in [-0.15, -0.1) is 0 Å². The molecule has 0 aliphatic carbocycles. The van der Waals surface area contributed by atoms with Crippen molar-refractivity contribution >= 4 is 24.5 Å². The fourth-order valence-electron chi connectivity index (χ4n) is 0.873. The first-order valence-electron chi connectivity index (χ1n) is 3.48. The second kappa shape index (κ2) is 3.80. The van der Waals surface area contributed by atoms with E-state index in [4.69, 9.17) is 10.8 Å². The number of amides is 1. The maximum atomic E-state index is 10.8. The number of hydrogen-bond acceptors (Lipinski definition) is 3. The van der Waals surface area contributed by atoms with Crippen LogP contribution >= 0.6 is 12.6 Å². The number of primary amides is 1. The third-order valence-electron chi connectivity index (χ3n) is 1.57. The Bertz CT molecular complexity index is 197. The first-order valence-corrected chi connectivity index (χ1v) is 3.93. The molecule has 0 radical (unpaired) electrons. The lowest BCUT2D eigenvalue weighted by Gasteiger charge is -2.25. The number of rotatable bonds is 4. The zero-order valence-electron chi connectivity index (χ0n) is 7.07. The van der Waals surface area contributed by atoms with Gasteiger partial charge in [-0.25, -0.2) is 0 Å². The molecule has 3 N–H and O–H groups in total. The zero-order valence-corrected chi connectivity index (χ0v) is 7.97. The van der Waals surface area contributed by atoms with Crippen molar-refractivity contribution in [3.63, 3.8) is 0 Å².